The van der Waals surface area contributed by atoms with Gasteiger partial charge in [-0.1, -0.05) is 23.7 Å². The van der Waals surface area contributed by atoms with Crippen LogP contribution in [-0.4, -0.2) is 24.7 Å². The first-order chi connectivity index (χ1) is 13.3. The summed E-state index contributed by atoms with van der Waals surface area (Å²) in [6.07, 6.45) is 1.37. The Morgan fingerprint density at radius 3 is 2.18 bits per heavy atom. The molecular formula is C23H30ClNO3. The SMILES string of the molecule is Cc1cc(OC(C)C(=O)NCCCc2ccc(OC(C)C)cc2)cc(C)c1Cl. The number of ether oxygens (including phenoxy) is 2. The lowest BCUT2D eigenvalue weighted by Crippen LogP contribution is -2.37. The van der Waals surface area contributed by atoms with Crippen LogP contribution in [0.15, 0.2) is 36.4 Å². The summed E-state index contributed by atoms with van der Waals surface area (Å²) >= 11 is 6.17. The minimum atomic E-state index is -0.563. The number of rotatable bonds is 9. The molecule has 0 bridgehead atoms. The van der Waals surface area contributed by atoms with Crippen molar-refractivity contribution in [3.05, 3.63) is 58.1 Å². The summed E-state index contributed by atoms with van der Waals surface area (Å²) in [5.41, 5.74) is 3.10. The first kappa shape index (κ1) is 22.1. The largest absolute Gasteiger partial charge is 0.491 e. The van der Waals surface area contributed by atoms with E-state index in [1.54, 1.807) is 6.92 Å². The van der Waals surface area contributed by atoms with Crippen molar-refractivity contribution in [2.75, 3.05) is 6.54 Å². The Kier molecular flexibility index (Phi) is 8.18. The molecule has 0 aliphatic carbocycles. The second-order valence-corrected chi connectivity index (χ2v) is 7.71. The van der Waals surface area contributed by atoms with Crippen LogP contribution in [0.25, 0.3) is 0 Å². The number of halogens is 1. The molecule has 1 N–H and O–H groups in total. The van der Waals surface area contributed by atoms with Crippen molar-refractivity contribution in [1.82, 2.24) is 5.32 Å². The summed E-state index contributed by atoms with van der Waals surface area (Å²) in [4.78, 5) is 12.3. The third kappa shape index (κ3) is 6.75. The van der Waals surface area contributed by atoms with Crippen LogP contribution in [0.1, 0.15) is 43.9 Å². The molecule has 1 unspecified atom stereocenters. The Labute approximate surface area is 173 Å². The highest BCUT2D eigenvalue weighted by Crippen LogP contribution is 2.26. The Morgan fingerprint density at radius 2 is 1.61 bits per heavy atom. The molecule has 1 atom stereocenters. The lowest BCUT2D eigenvalue weighted by atomic mass is 10.1. The average molecular weight is 404 g/mol. The predicted octanol–water partition coefficient (Wildman–Crippen LogP) is 5.26. The lowest BCUT2D eigenvalue weighted by molar-refractivity contribution is -0.127. The van der Waals surface area contributed by atoms with E-state index in [1.807, 2.05) is 52.0 Å². The summed E-state index contributed by atoms with van der Waals surface area (Å²) in [5.74, 6) is 1.42. The van der Waals surface area contributed by atoms with Gasteiger partial charge in [-0.3, -0.25) is 4.79 Å². The van der Waals surface area contributed by atoms with E-state index >= 15 is 0 Å². The third-order valence-corrected chi connectivity index (χ3v) is 4.92. The average Bonchev–Trinajstić information content (AvgIpc) is 2.63. The van der Waals surface area contributed by atoms with Crippen molar-refractivity contribution in [3.63, 3.8) is 0 Å². The van der Waals surface area contributed by atoms with Gasteiger partial charge in [0, 0.05) is 11.6 Å². The van der Waals surface area contributed by atoms with Gasteiger partial charge in [-0.2, -0.15) is 0 Å². The highest BCUT2D eigenvalue weighted by Gasteiger charge is 2.15. The Morgan fingerprint density at radius 1 is 1.00 bits per heavy atom. The zero-order valence-electron chi connectivity index (χ0n) is 17.3. The Bertz CT molecular complexity index is 764. The number of hydrogen-bond acceptors (Lipinski definition) is 3. The minimum absolute atomic E-state index is 0.120. The standard InChI is InChI=1S/C23H30ClNO3/c1-15(2)27-20-10-8-19(9-11-20)7-6-12-25-23(26)18(5)28-21-13-16(3)22(24)17(4)14-21/h8-11,13-15,18H,6-7,12H2,1-5H3,(H,25,26). The zero-order valence-corrected chi connectivity index (χ0v) is 18.1. The van der Waals surface area contributed by atoms with Gasteiger partial charge in [-0.25, -0.2) is 0 Å². The van der Waals surface area contributed by atoms with Crippen molar-refractivity contribution in [2.24, 2.45) is 0 Å². The van der Waals surface area contributed by atoms with Gasteiger partial charge in [0.2, 0.25) is 0 Å². The summed E-state index contributed by atoms with van der Waals surface area (Å²) in [6.45, 7) is 10.2. The molecule has 1 amide bonds. The van der Waals surface area contributed by atoms with Crippen LogP contribution in [0.4, 0.5) is 0 Å². The number of carbonyl (C=O) groups is 1. The van der Waals surface area contributed by atoms with E-state index < -0.39 is 6.10 Å². The van der Waals surface area contributed by atoms with Crippen LogP contribution >= 0.6 is 11.6 Å². The molecule has 0 aliphatic heterocycles. The van der Waals surface area contributed by atoms with Crippen molar-refractivity contribution < 1.29 is 14.3 Å². The molecule has 5 heteroatoms. The van der Waals surface area contributed by atoms with Gasteiger partial charge in [0.05, 0.1) is 6.10 Å². The molecule has 0 radical (unpaired) electrons. The van der Waals surface area contributed by atoms with E-state index in [-0.39, 0.29) is 12.0 Å². The van der Waals surface area contributed by atoms with E-state index in [0.29, 0.717) is 12.3 Å². The Balaban J connectivity index is 1.74. The molecule has 0 heterocycles. The number of amides is 1. The van der Waals surface area contributed by atoms with Gasteiger partial charge >= 0.3 is 0 Å². The predicted molar refractivity (Wildman–Crippen MR) is 115 cm³/mol. The molecule has 0 saturated carbocycles. The van der Waals surface area contributed by atoms with Crippen molar-refractivity contribution in [1.29, 1.82) is 0 Å². The van der Waals surface area contributed by atoms with E-state index in [9.17, 15) is 4.79 Å². The van der Waals surface area contributed by atoms with Crippen LogP contribution < -0.4 is 14.8 Å². The number of nitrogens with one attached hydrogen (secondary N) is 1. The normalized spacial score (nSPS) is 12.0. The second-order valence-electron chi connectivity index (χ2n) is 7.34. The fraction of sp³-hybridized carbons (Fsp3) is 0.435. The third-order valence-electron chi connectivity index (χ3n) is 4.33. The Hall–Kier alpha value is -2.20. The summed E-state index contributed by atoms with van der Waals surface area (Å²) in [5, 5.41) is 3.67. The second kappa shape index (κ2) is 10.4. The van der Waals surface area contributed by atoms with Crippen LogP contribution in [0.5, 0.6) is 11.5 Å². The fourth-order valence-corrected chi connectivity index (χ4v) is 3.00. The van der Waals surface area contributed by atoms with Crippen LogP contribution in [-0.2, 0) is 11.2 Å². The molecule has 2 rings (SSSR count). The van der Waals surface area contributed by atoms with E-state index in [1.165, 1.54) is 5.56 Å². The van der Waals surface area contributed by atoms with Gasteiger partial charge in [-0.15, -0.1) is 0 Å². The maximum absolute atomic E-state index is 12.3. The molecule has 0 aliphatic rings. The van der Waals surface area contributed by atoms with E-state index in [4.69, 9.17) is 21.1 Å². The van der Waals surface area contributed by atoms with Gasteiger partial charge in [0.25, 0.3) is 5.91 Å². The topological polar surface area (TPSA) is 47.6 Å². The van der Waals surface area contributed by atoms with Crippen LogP contribution in [0, 0.1) is 13.8 Å². The van der Waals surface area contributed by atoms with Crippen molar-refractivity contribution in [2.45, 2.75) is 59.7 Å². The number of carbonyl (C=O) groups excluding carboxylic acids is 1. The maximum atomic E-state index is 12.3. The molecule has 152 valence electrons. The number of aryl methyl sites for hydroxylation is 3. The maximum Gasteiger partial charge on any atom is 0.260 e. The zero-order chi connectivity index (χ0) is 20.7. The number of hydrogen-bond donors (Lipinski definition) is 1. The van der Waals surface area contributed by atoms with Gasteiger partial charge < -0.3 is 14.8 Å². The summed E-state index contributed by atoms with van der Waals surface area (Å²) in [6, 6.07) is 11.8. The van der Waals surface area contributed by atoms with Gasteiger partial charge in [0.1, 0.15) is 11.5 Å². The molecule has 0 spiro atoms. The molecular weight excluding hydrogens is 374 g/mol. The van der Waals surface area contributed by atoms with Crippen molar-refractivity contribution >= 4 is 17.5 Å². The van der Waals surface area contributed by atoms with E-state index in [2.05, 4.69) is 17.4 Å². The summed E-state index contributed by atoms with van der Waals surface area (Å²) < 4.78 is 11.4. The van der Waals surface area contributed by atoms with Gasteiger partial charge in [-0.05, 0) is 88.4 Å². The lowest BCUT2D eigenvalue weighted by Gasteiger charge is -2.16. The highest BCUT2D eigenvalue weighted by molar-refractivity contribution is 6.32. The monoisotopic (exact) mass is 403 g/mol. The molecule has 0 saturated heterocycles. The molecule has 2 aromatic carbocycles. The quantitative estimate of drug-likeness (QED) is 0.581. The summed E-state index contributed by atoms with van der Waals surface area (Å²) in [7, 11) is 0. The molecule has 2 aromatic rings. The fourth-order valence-electron chi connectivity index (χ4n) is 2.89. The van der Waals surface area contributed by atoms with Gasteiger partial charge in [0.15, 0.2) is 6.10 Å². The van der Waals surface area contributed by atoms with Crippen molar-refractivity contribution in [3.8, 4) is 11.5 Å². The first-order valence-electron chi connectivity index (χ1n) is 9.73. The minimum Gasteiger partial charge on any atom is -0.491 e. The molecule has 0 aromatic heterocycles. The van der Waals surface area contributed by atoms with E-state index in [0.717, 1.165) is 34.7 Å². The molecule has 28 heavy (non-hydrogen) atoms. The highest BCUT2D eigenvalue weighted by atomic mass is 35.5. The molecule has 4 nitrogen and oxygen atoms in total. The van der Waals surface area contributed by atoms with Crippen LogP contribution in [0.3, 0.4) is 0 Å². The number of benzene rings is 2. The van der Waals surface area contributed by atoms with Crippen LogP contribution in [0.2, 0.25) is 5.02 Å². The first-order valence-corrected chi connectivity index (χ1v) is 10.1. The molecule has 0 fully saturated rings. The smallest absolute Gasteiger partial charge is 0.260 e.